The van der Waals surface area contributed by atoms with Gasteiger partial charge in [0.05, 0.1) is 30.2 Å². The number of nitrogens with zero attached hydrogens (tertiary/aromatic N) is 3. The maximum Gasteiger partial charge on any atom is 0.490 e. The molecule has 50 heavy (non-hydrogen) atoms. The number of anilines is 1. The summed E-state index contributed by atoms with van der Waals surface area (Å²) in [5.74, 6) is -5.05. The summed E-state index contributed by atoms with van der Waals surface area (Å²) in [6.45, 7) is 2.40. The highest BCUT2D eigenvalue weighted by Crippen LogP contribution is 2.28. The normalized spacial score (nSPS) is 16.4. The predicted molar refractivity (Wildman–Crippen MR) is 170 cm³/mol. The van der Waals surface area contributed by atoms with Crippen molar-refractivity contribution >= 4 is 40.5 Å². The van der Waals surface area contributed by atoms with Crippen LogP contribution in [-0.2, 0) is 20.7 Å². The Morgan fingerprint density at radius 2 is 1.54 bits per heavy atom. The number of carboxylic acids is 2. The molecule has 0 radical (unpaired) electrons. The Morgan fingerprint density at radius 3 is 2.08 bits per heavy atom. The maximum atomic E-state index is 13.3. The van der Waals surface area contributed by atoms with Crippen LogP contribution in [0.25, 0.3) is 10.9 Å². The molecule has 0 bridgehead atoms. The smallest absolute Gasteiger partial charge is 0.475 e. The number of hydrogen-bond donors (Lipinski definition) is 6. The van der Waals surface area contributed by atoms with E-state index < -0.39 is 24.3 Å². The van der Waals surface area contributed by atoms with Crippen LogP contribution < -0.4 is 22.1 Å². The molecule has 19 heteroatoms. The largest absolute Gasteiger partial charge is 0.490 e. The van der Waals surface area contributed by atoms with Crippen molar-refractivity contribution < 1.29 is 55.7 Å². The molecule has 0 aliphatic heterocycles. The molecule has 1 aliphatic carbocycles. The Kier molecular flexibility index (Phi) is 15.2. The van der Waals surface area contributed by atoms with Gasteiger partial charge in [-0.2, -0.15) is 26.3 Å². The van der Waals surface area contributed by atoms with Crippen LogP contribution in [0.2, 0.25) is 0 Å². The Bertz CT molecular complexity index is 1600. The van der Waals surface area contributed by atoms with Crippen LogP contribution in [0.1, 0.15) is 47.4 Å². The summed E-state index contributed by atoms with van der Waals surface area (Å²) < 4.78 is 68.8. The molecule has 4 rings (SSSR count). The average Bonchev–Trinajstić information content (AvgIpc) is 3.02. The van der Waals surface area contributed by atoms with Crippen LogP contribution in [0.5, 0.6) is 0 Å². The van der Waals surface area contributed by atoms with Crippen molar-refractivity contribution in [1.29, 1.82) is 0 Å². The highest BCUT2D eigenvalue weighted by atomic mass is 19.4. The van der Waals surface area contributed by atoms with Crippen molar-refractivity contribution in [3.8, 4) is 0 Å². The van der Waals surface area contributed by atoms with Gasteiger partial charge in [0.2, 0.25) is 5.82 Å². The summed E-state index contributed by atoms with van der Waals surface area (Å²) in [4.78, 5) is 44.8. The Labute approximate surface area is 282 Å². The van der Waals surface area contributed by atoms with Crippen LogP contribution >= 0.6 is 0 Å². The number of benzene rings is 2. The number of hydrogen-bond acceptors (Lipinski definition) is 8. The van der Waals surface area contributed by atoms with E-state index in [9.17, 15) is 31.1 Å². The van der Waals surface area contributed by atoms with Crippen molar-refractivity contribution in [3.05, 3.63) is 65.5 Å². The van der Waals surface area contributed by atoms with E-state index in [2.05, 4.69) is 25.6 Å². The third kappa shape index (κ3) is 13.7. The molecule has 0 spiro atoms. The molecule has 1 amide bonds. The van der Waals surface area contributed by atoms with Gasteiger partial charge in [-0.15, -0.1) is 0 Å². The number of rotatable bonds is 9. The zero-order valence-corrected chi connectivity index (χ0v) is 26.9. The van der Waals surface area contributed by atoms with Crippen molar-refractivity contribution in [2.75, 3.05) is 19.0 Å². The standard InChI is InChI=1S/C27H35N7O2.2C2HF3O2/c1-17-12-13-21-20(14-17)24(32-22-10-6-7-11-23(22)33-27(28)29)34-25(31-21)26(35)30-19(16-36-2)15-18-8-4-3-5-9-18;2*3-2(4,5)1(6)7/h3-5,8-9,12-14,19,22-23H,6-7,10-11,15-16H2,1-2H3,(H,30,35)(H4,28,29,33)(H,31,32,34);2*(H,6,7)/t19-,22?,23?;;/m0../s1. The van der Waals surface area contributed by atoms with E-state index in [1.807, 2.05) is 55.5 Å². The molecule has 1 fully saturated rings. The van der Waals surface area contributed by atoms with Gasteiger partial charge in [0.25, 0.3) is 5.91 Å². The number of nitrogens with one attached hydrogen (secondary N) is 2. The number of aliphatic imine (C=N–C) groups is 1. The highest BCUT2D eigenvalue weighted by molar-refractivity contribution is 5.97. The minimum absolute atomic E-state index is 0.00898. The van der Waals surface area contributed by atoms with E-state index in [0.29, 0.717) is 24.4 Å². The number of alkyl halides is 6. The molecule has 1 heterocycles. The maximum absolute atomic E-state index is 13.3. The highest BCUT2D eigenvalue weighted by Gasteiger charge is 2.39. The van der Waals surface area contributed by atoms with Gasteiger partial charge in [-0.05, 0) is 43.9 Å². The molecule has 0 saturated heterocycles. The monoisotopic (exact) mass is 717 g/mol. The van der Waals surface area contributed by atoms with Crippen LogP contribution in [0.15, 0.2) is 53.5 Å². The number of ether oxygens (including phenoxy) is 1. The average molecular weight is 718 g/mol. The third-order valence-corrected chi connectivity index (χ3v) is 6.93. The summed E-state index contributed by atoms with van der Waals surface area (Å²) in [7, 11) is 1.62. The van der Waals surface area contributed by atoms with Crippen molar-refractivity contribution in [1.82, 2.24) is 15.3 Å². The summed E-state index contributed by atoms with van der Waals surface area (Å²) in [6, 6.07) is 15.7. The molecular weight excluding hydrogens is 680 g/mol. The fraction of sp³-hybridized carbons (Fsp3) is 0.419. The number of carboxylic acid groups (broad SMARTS) is 2. The van der Waals surface area contributed by atoms with Gasteiger partial charge >= 0.3 is 24.3 Å². The number of guanidine groups is 1. The molecule has 1 aliphatic rings. The van der Waals surface area contributed by atoms with E-state index in [-0.39, 0.29) is 35.8 Å². The van der Waals surface area contributed by atoms with E-state index >= 15 is 0 Å². The Hall–Kier alpha value is -5.20. The molecule has 274 valence electrons. The lowest BCUT2D eigenvalue weighted by Crippen LogP contribution is -2.41. The first kappa shape index (κ1) is 41.0. The van der Waals surface area contributed by atoms with Crippen LogP contribution in [0.3, 0.4) is 0 Å². The number of amides is 1. The van der Waals surface area contributed by atoms with E-state index in [0.717, 1.165) is 42.2 Å². The van der Waals surface area contributed by atoms with Crippen molar-refractivity contribution in [3.63, 3.8) is 0 Å². The lowest BCUT2D eigenvalue weighted by molar-refractivity contribution is -0.193. The molecule has 1 saturated carbocycles. The van der Waals surface area contributed by atoms with Gasteiger partial charge < -0.3 is 37.1 Å². The number of nitrogens with two attached hydrogens (primary N) is 2. The first-order chi connectivity index (χ1) is 23.3. The second-order valence-electron chi connectivity index (χ2n) is 11.0. The summed E-state index contributed by atoms with van der Waals surface area (Å²) in [5.41, 5.74) is 14.3. The molecular formula is C31H37F6N7O6. The van der Waals surface area contributed by atoms with Gasteiger partial charge in [-0.3, -0.25) is 4.79 Å². The minimum atomic E-state index is -5.08. The fourth-order valence-electron chi connectivity index (χ4n) is 4.76. The minimum Gasteiger partial charge on any atom is -0.475 e. The summed E-state index contributed by atoms with van der Waals surface area (Å²) in [5, 5.41) is 21.7. The molecule has 2 unspecified atom stereocenters. The number of carbonyl (C=O) groups excluding carboxylic acids is 1. The topological polar surface area (TPSA) is 215 Å². The first-order valence-electron chi connectivity index (χ1n) is 14.9. The van der Waals surface area contributed by atoms with Gasteiger partial charge in [-0.25, -0.2) is 24.5 Å². The Balaban J connectivity index is 0.000000521. The number of aliphatic carboxylic acids is 2. The fourth-order valence-corrected chi connectivity index (χ4v) is 4.76. The van der Waals surface area contributed by atoms with E-state index in [4.69, 9.17) is 36.0 Å². The number of aryl methyl sites for hydroxylation is 1. The van der Waals surface area contributed by atoms with Crippen LogP contribution in [-0.4, -0.2) is 88.2 Å². The lowest BCUT2D eigenvalue weighted by atomic mass is 9.90. The second-order valence-corrected chi connectivity index (χ2v) is 11.0. The first-order valence-corrected chi connectivity index (χ1v) is 14.9. The number of fused-ring (bicyclic) bond motifs is 1. The van der Waals surface area contributed by atoms with E-state index in [1.54, 1.807) is 7.11 Å². The second kappa shape index (κ2) is 18.5. The lowest BCUT2D eigenvalue weighted by Gasteiger charge is -2.30. The number of halogens is 6. The SMILES string of the molecule is COC[C@H](Cc1ccccc1)NC(=O)c1nc(NC2CCCCC2N=C(N)N)c2cc(C)ccc2n1.O=C(O)C(F)(F)F.O=C(O)C(F)(F)F. The van der Waals surface area contributed by atoms with E-state index in [1.165, 1.54) is 0 Å². The predicted octanol–water partition coefficient (Wildman–Crippen LogP) is 4.19. The number of carbonyl (C=O) groups is 3. The molecule has 3 aromatic rings. The zero-order chi connectivity index (χ0) is 37.6. The molecule has 3 atom stereocenters. The van der Waals surface area contributed by atoms with Gasteiger partial charge in [0, 0.05) is 12.5 Å². The molecule has 1 aromatic heterocycles. The van der Waals surface area contributed by atoms with Crippen LogP contribution in [0, 0.1) is 6.92 Å². The molecule has 8 N–H and O–H groups in total. The molecule has 13 nitrogen and oxygen atoms in total. The zero-order valence-electron chi connectivity index (χ0n) is 26.9. The summed E-state index contributed by atoms with van der Waals surface area (Å²) >= 11 is 0. The van der Waals surface area contributed by atoms with Gasteiger partial charge in [0.1, 0.15) is 5.82 Å². The number of aromatic nitrogens is 2. The quantitative estimate of drug-likeness (QED) is 0.105. The van der Waals surface area contributed by atoms with Gasteiger partial charge in [0.15, 0.2) is 5.96 Å². The molecule has 2 aromatic carbocycles. The van der Waals surface area contributed by atoms with Crippen molar-refractivity contribution in [2.24, 2.45) is 16.5 Å². The van der Waals surface area contributed by atoms with Gasteiger partial charge in [-0.1, -0.05) is 54.8 Å². The van der Waals surface area contributed by atoms with Crippen LogP contribution in [0.4, 0.5) is 32.2 Å². The van der Waals surface area contributed by atoms with Crippen molar-refractivity contribution in [2.45, 2.75) is 69.5 Å². The Morgan fingerprint density at radius 1 is 0.960 bits per heavy atom. The number of methoxy groups -OCH3 is 1. The third-order valence-electron chi connectivity index (χ3n) is 6.93. The summed E-state index contributed by atoms with van der Waals surface area (Å²) in [6.07, 6.45) is -5.59.